The van der Waals surface area contributed by atoms with Crippen molar-refractivity contribution >= 4 is 5.91 Å². The first kappa shape index (κ1) is 15.5. The second kappa shape index (κ2) is 6.78. The predicted molar refractivity (Wildman–Crippen MR) is 80.5 cm³/mol. The number of aliphatic hydroxyl groups is 1. The SMILES string of the molecule is O=C(c1cc(COc2cccc(F)c2)[nH]n1)N1CCC[C@H]1CO. The number of aromatic nitrogens is 2. The number of nitrogens with zero attached hydrogens (tertiary/aromatic N) is 2. The maximum atomic E-state index is 13.1. The van der Waals surface area contributed by atoms with Gasteiger partial charge in [0, 0.05) is 12.6 Å². The number of aliphatic hydroxyl groups excluding tert-OH is 1. The molecule has 2 heterocycles. The van der Waals surface area contributed by atoms with E-state index in [1.807, 2.05) is 0 Å². The molecule has 0 spiro atoms. The Kier molecular flexibility index (Phi) is 4.57. The molecule has 122 valence electrons. The van der Waals surface area contributed by atoms with E-state index in [2.05, 4.69) is 10.2 Å². The Balaban J connectivity index is 1.62. The van der Waals surface area contributed by atoms with Crippen molar-refractivity contribution in [1.82, 2.24) is 15.1 Å². The van der Waals surface area contributed by atoms with Crippen molar-refractivity contribution in [1.29, 1.82) is 0 Å². The molecule has 7 heteroatoms. The van der Waals surface area contributed by atoms with Gasteiger partial charge in [-0.05, 0) is 31.0 Å². The highest BCUT2D eigenvalue weighted by molar-refractivity contribution is 5.92. The van der Waals surface area contributed by atoms with Crippen molar-refractivity contribution < 1.29 is 19.0 Å². The van der Waals surface area contributed by atoms with Crippen molar-refractivity contribution in [3.63, 3.8) is 0 Å². The highest BCUT2D eigenvalue weighted by Gasteiger charge is 2.30. The zero-order valence-corrected chi connectivity index (χ0v) is 12.5. The number of amides is 1. The summed E-state index contributed by atoms with van der Waals surface area (Å²) in [6.45, 7) is 0.755. The van der Waals surface area contributed by atoms with Crippen LogP contribution in [0.2, 0.25) is 0 Å². The molecule has 0 saturated carbocycles. The van der Waals surface area contributed by atoms with E-state index in [9.17, 15) is 14.3 Å². The molecule has 6 nitrogen and oxygen atoms in total. The molecule has 0 unspecified atom stereocenters. The number of hydrogen-bond donors (Lipinski definition) is 2. The smallest absolute Gasteiger partial charge is 0.274 e. The lowest BCUT2D eigenvalue weighted by Gasteiger charge is -2.21. The van der Waals surface area contributed by atoms with Gasteiger partial charge < -0.3 is 14.7 Å². The maximum absolute atomic E-state index is 13.1. The average molecular weight is 319 g/mol. The highest BCUT2D eigenvalue weighted by atomic mass is 19.1. The minimum atomic E-state index is -0.368. The molecule has 1 aliphatic rings. The molecule has 0 aliphatic carbocycles. The number of carbonyl (C=O) groups excluding carboxylic acids is 1. The lowest BCUT2D eigenvalue weighted by Crippen LogP contribution is -2.37. The third kappa shape index (κ3) is 3.50. The number of hydrogen-bond acceptors (Lipinski definition) is 4. The van der Waals surface area contributed by atoms with Crippen LogP contribution in [0.4, 0.5) is 4.39 Å². The summed E-state index contributed by atoms with van der Waals surface area (Å²) in [4.78, 5) is 14.0. The zero-order valence-electron chi connectivity index (χ0n) is 12.5. The summed E-state index contributed by atoms with van der Waals surface area (Å²) < 4.78 is 18.5. The van der Waals surface area contributed by atoms with Gasteiger partial charge in [0.2, 0.25) is 0 Å². The van der Waals surface area contributed by atoms with Gasteiger partial charge in [-0.1, -0.05) is 6.07 Å². The third-order valence-electron chi connectivity index (χ3n) is 3.89. The van der Waals surface area contributed by atoms with Gasteiger partial charge in [-0.3, -0.25) is 9.89 Å². The molecule has 1 saturated heterocycles. The van der Waals surface area contributed by atoms with Crippen LogP contribution in [0.15, 0.2) is 30.3 Å². The maximum Gasteiger partial charge on any atom is 0.274 e. The minimum absolute atomic E-state index is 0.0360. The number of halogens is 1. The van der Waals surface area contributed by atoms with Crippen molar-refractivity contribution in [2.45, 2.75) is 25.5 Å². The van der Waals surface area contributed by atoms with E-state index < -0.39 is 0 Å². The van der Waals surface area contributed by atoms with E-state index in [0.29, 0.717) is 23.7 Å². The first-order chi connectivity index (χ1) is 11.2. The van der Waals surface area contributed by atoms with Gasteiger partial charge in [-0.15, -0.1) is 0 Å². The summed E-state index contributed by atoms with van der Waals surface area (Å²) in [6, 6.07) is 7.34. The van der Waals surface area contributed by atoms with Crippen LogP contribution >= 0.6 is 0 Å². The van der Waals surface area contributed by atoms with E-state index >= 15 is 0 Å². The number of aromatic amines is 1. The molecule has 0 bridgehead atoms. The first-order valence-corrected chi connectivity index (χ1v) is 7.52. The van der Waals surface area contributed by atoms with Gasteiger partial charge in [-0.25, -0.2) is 4.39 Å². The van der Waals surface area contributed by atoms with Gasteiger partial charge in [-0.2, -0.15) is 5.10 Å². The van der Waals surface area contributed by atoms with Crippen LogP contribution in [0.3, 0.4) is 0 Å². The van der Waals surface area contributed by atoms with E-state index in [4.69, 9.17) is 4.74 Å². The molecule has 0 radical (unpaired) electrons. The molecule has 2 N–H and O–H groups in total. The van der Waals surface area contributed by atoms with E-state index in [-0.39, 0.29) is 31.0 Å². The second-order valence-electron chi connectivity index (χ2n) is 5.50. The fraction of sp³-hybridized carbons (Fsp3) is 0.375. The lowest BCUT2D eigenvalue weighted by molar-refractivity contribution is 0.0671. The van der Waals surface area contributed by atoms with Gasteiger partial charge in [0.1, 0.15) is 18.2 Å². The zero-order chi connectivity index (χ0) is 16.2. The summed E-state index contributed by atoms with van der Waals surface area (Å²) >= 11 is 0. The molecule has 1 aromatic carbocycles. The largest absolute Gasteiger partial charge is 0.487 e. The van der Waals surface area contributed by atoms with Gasteiger partial charge in [0.05, 0.1) is 18.3 Å². The standard InChI is InChI=1S/C16H18FN3O3/c17-11-3-1-5-14(7-11)23-10-12-8-15(19-18-12)16(22)20-6-2-4-13(20)9-21/h1,3,5,7-8,13,21H,2,4,6,9-10H2,(H,18,19)/t13-/m0/s1. The Morgan fingerprint density at radius 3 is 3.13 bits per heavy atom. The lowest BCUT2D eigenvalue weighted by atomic mass is 10.2. The number of rotatable bonds is 5. The summed E-state index contributed by atoms with van der Waals surface area (Å²) in [5.41, 5.74) is 0.917. The van der Waals surface area contributed by atoms with Crippen LogP contribution in [0.1, 0.15) is 29.0 Å². The summed E-state index contributed by atoms with van der Waals surface area (Å²) in [5.74, 6) is -0.158. The molecule has 1 amide bonds. The third-order valence-corrected chi connectivity index (χ3v) is 3.89. The van der Waals surface area contributed by atoms with Gasteiger partial charge in [0.15, 0.2) is 5.69 Å². The number of carbonyl (C=O) groups is 1. The van der Waals surface area contributed by atoms with Crippen LogP contribution < -0.4 is 4.74 Å². The first-order valence-electron chi connectivity index (χ1n) is 7.52. The average Bonchev–Trinajstić information content (AvgIpc) is 3.21. The Morgan fingerprint density at radius 2 is 2.35 bits per heavy atom. The summed E-state index contributed by atoms with van der Waals surface area (Å²) in [5, 5.41) is 16.1. The Labute approximate surface area is 132 Å². The topological polar surface area (TPSA) is 78.5 Å². The number of likely N-dealkylation sites (tertiary alicyclic amines) is 1. The van der Waals surface area contributed by atoms with E-state index in [0.717, 1.165) is 12.8 Å². The van der Waals surface area contributed by atoms with Gasteiger partial charge in [0.25, 0.3) is 5.91 Å². The fourth-order valence-corrected chi connectivity index (χ4v) is 2.70. The number of H-pyrrole nitrogens is 1. The van der Waals surface area contributed by atoms with Crippen LogP contribution in [-0.4, -0.2) is 45.3 Å². The molecule has 2 aromatic rings. The Morgan fingerprint density at radius 1 is 1.48 bits per heavy atom. The summed E-state index contributed by atoms with van der Waals surface area (Å²) in [7, 11) is 0. The van der Waals surface area contributed by atoms with Crippen LogP contribution in [0, 0.1) is 5.82 Å². The number of ether oxygens (including phenoxy) is 1. The normalized spacial score (nSPS) is 17.5. The molecule has 1 aromatic heterocycles. The number of nitrogens with one attached hydrogen (secondary N) is 1. The van der Waals surface area contributed by atoms with Crippen molar-refractivity contribution in [2.24, 2.45) is 0 Å². The van der Waals surface area contributed by atoms with Crippen LogP contribution in [-0.2, 0) is 6.61 Å². The monoisotopic (exact) mass is 319 g/mol. The molecule has 23 heavy (non-hydrogen) atoms. The van der Waals surface area contributed by atoms with Crippen LogP contribution in [0.5, 0.6) is 5.75 Å². The van der Waals surface area contributed by atoms with Crippen molar-refractivity contribution in [3.8, 4) is 5.75 Å². The molecule has 1 fully saturated rings. The highest BCUT2D eigenvalue weighted by Crippen LogP contribution is 2.19. The number of benzene rings is 1. The van der Waals surface area contributed by atoms with E-state index in [1.54, 1.807) is 23.1 Å². The van der Waals surface area contributed by atoms with E-state index in [1.165, 1.54) is 12.1 Å². The molecule has 1 atom stereocenters. The molecule has 1 aliphatic heterocycles. The van der Waals surface area contributed by atoms with Gasteiger partial charge >= 0.3 is 0 Å². The second-order valence-corrected chi connectivity index (χ2v) is 5.50. The van der Waals surface area contributed by atoms with Crippen molar-refractivity contribution in [2.75, 3.05) is 13.2 Å². The fourth-order valence-electron chi connectivity index (χ4n) is 2.70. The Bertz CT molecular complexity index is 689. The molecule has 3 rings (SSSR count). The minimum Gasteiger partial charge on any atom is -0.487 e. The van der Waals surface area contributed by atoms with Crippen LogP contribution in [0.25, 0.3) is 0 Å². The quantitative estimate of drug-likeness (QED) is 0.880. The summed E-state index contributed by atoms with van der Waals surface area (Å²) in [6.07, 6.45) is 1.69. The molecular formula is C16H18FN3O3. The Hall–Kier alpha value is -2.41. The molecular weight excluding hydrogens is 301 g/mol. The predicted octanol–water partition coefficient (Wildman–Crippen LogP) is 1.72. The van der Waals surface area contributed by atoms with Crippen molar-refractivity contribution in [3.05, 3.63) is 47.5 Å².